The molecule has 0 unspecified atom stereocenters. The van der Waals surface area contributed by atoms with Gasteiger partial charge < -0.3 is 9.89 Å². The maximum Gasteiger partial charge on any atom is 0.103 e. The lowest BCUT2D eigenvalue weighted by atomic mass is 10.3. The van der Waals surface area contributed by atoms with Crippen LogP contribution in [-0.2, 0) is 0 Å². The molecule has 0 saturated carbocycles. The standard InChI is InChI=1S/C6H8O.H2O/c1-5-3-4-7-6(5)2;/h3-4H,1-2H3;1H2. The number of rotatable bonds is 0. The van der Waals surface area contributed by atoms with Crippen LogP contribution in [0.5, 0.6) is 0 Å². The Hall–Kier alpha value is -0.760. The van der Waals surface area contributed by atoms with Crippen LogP contribution in [0.25, 0.3) is 0 Å². The fourth-order valence-electron chi connectivity index (χ4n) is 0.448. The molecule has 1 rings (SSSR count). The van der Waals surface area contributed by atoms with Crippen molar-refractivity contribution >= 4 is 0 Å². The van der Waals surface area contributed by atoms with Gasteiger partial charge in [-0.1, -0.05) is 0 Å². The lowest BCUT2D eigenvalue weighted by molar-refractivity contribution is 0.532. The van der Waals surface area contributed by atoms with E-state index in [1.807, 2.05) is 19.9 Å². The second-order valence-corrected chi connectivity index (χ2v) is 1.66. The van der Waals surface area contributed by atoms with Crippen molar-refractivity contribution in [2.45, 2.75) is 13.8 Å². The summed E-state index contributed by atoms with van der Waals surface area (Å²) < 4.78 is 4.96. The third-order valence-corrected chi connectivity index (χ3v) is 1.12. The normalized spacial score (nSPS) is 8.25. The number of hydrogen-bond acceptors (Lipinski definition) is 1. The van der Waals surface area contributed by atoms with Crippen LogP contribution in [-0.4, -0.2) is 5.48 Å². The minimum atomic E-state index is 0. The summed E-state index contributed by atoms with van der Waals surface area (Å²) >= 11 is 0. The van der Waals surface area contributed by atoms with E-state index in [0.29, 0.717) is 0 Å². The maximum atomic E-state index is 4.96. The highest BCUT2D eigenvalue weighted by atomic mass is 16.3. The summed E-state index contributed by atoms with van der Waals surface area (Å²) in [6.07, 6.45) is 1.70. The topological polar surface area (TPSA) is 44.6 Å². The van der Waals surface area contributed by atoms with E-state index in [1.54, 1.807) is 6.26 Å². The van der Waals surface area contributed by atoms with Gasteiger partial charge in [-0.15, -0.1) is 0 Å². The van der Waals surface area contributed by atoms with E-state index in [0.717, 1.165) is 5.76 Å². The van der Waals surface area contributed by atoms with E-state index in [9.17, 15) is 0 Å². The van der Waals surface area contributed by atoms with Gasteiger partial charge in [-0.05, 0) is 25.5 Å². The smallest absolute Gasteiger partial charge is 0.103 e. The molecule has 2 N–H and O–H groups in total. The fraction of sp³-hybridized carbons (Fsp3) is 0.333. The van der Waals surface area contributed by atoms with Gasteiger partial charge in [0, 0.05) is 0 Å². The second-order valence-electron chi connectivity index (χ2n) is 1.66. The van der Waals surface area contributed by atoms with Crippen molar-refractivity contribution in [3.8, 4) is 0 Å². The molecule has 0 saturated heterocycles. The summed E-state index contributed by atoms with van der Waals surface area (Å²) in [6.45, 7) is 3.98. The maximum absolute atomic E-state index is 4.96. The molecule has 0 aliphatic carbocycles. The van der Waals surface area contributed by atoms with E-state index in [-0.39, 0.29) is 5.48 Å². The summed E-state index contributed by atoms with van der Waals surface area (Å²) in [5.41, 5.74) is 1.22. The Labute approximate surface area is 48.4 Å². The Bertz CT molecular complexity index is 139. The van der Waals surface area contributed by atoms with E-state index < -0.39 is 0 Å². The van der Waals surface area contributed by atoms with Crippen LogP contribution in [0.15, 0.2) is 16.7 Å². The zero-order chi connectivity index (χ0) is 5.28. The molecule has 0 bridgehead atoms. The highest BCUT2D eigenvalue weighted by Gasteiger charge is 1.88. The minimum Gasteiger partial charge on any atom is -0.469 e. The highest BCUT2D eigenvalue weighted by molar-refractivity contribution is 5.11. The van der Waals surface area contributed by atoms with Crippen molar-refractivity contribution in [1.29, 1.82) is 0 Å². The molecule has 0 radical (unpaired) electrons. The lowest BCUT2D eigenvalue weighted by Crippen LogP contribution is -1.63. The van der Waals surface area contributed by atoms with Crippen molar-refractivity contribution in [1.82, 2.24) is 0 Å². The van der Waals surface area contributed by atoms with Crippen LogP contribution in [0, 0.1) is 13.8 Å². The van der Waals surface area contributed by atoms with E-state index >= 15 is 0 Å². The third-order valence-electron chi connectivity index (χ3n) is 1.12. The molecule has 1 aromatic rings. The van der Waals surface area contributed by atoms with Crippen LogP contribution in [0.1, 0.15) is 11.3 Å². The van der Waals surface area contributed by atoms with Gasteiger partial charge in [-0.3, -0.25) is 0 Å². The van der Waals surface area contributed by atoms with Crippen molar-refractivity contribution < 1.29 is 9.89 Å². The van der Waals surface area contributed by atoms with Crippen LogP contribution >= 0.6 is 0 Å². The van der Waals surface area contributed by atoms with E-state index in [2.05, 4.69) is 0 Å². The van der Waals surface area contributed by atoms with Gasteiger partial charge in [0.25, 0.3) is 0 Å². The van der Waals surface area contributed by atoms with Gasteiger partial charge >= 0.3 is 0 Å². The van der Waals surface area contributed by atoms with Crippen LogP contribution in [0.2, 0.25) is 0 Å². The molecular formula is C6H10O2. The summed E-state index contributed by atoms with van der Waals surface area (Å²) in [6, 6.07) is 1.95. The average Bonchev–Trinajstić information content (AvgIpc) is 1.91. The first kappa shape index (κ1) is 7.24. The molecule has 0 fully saturated rings. The molecule has 0 amide bonds. The molecule has 0 atom stereocenters. The number of aryl methyl sites for hydroxylation is 2. The summed E-state index contributed by atoms with van der Waals surface area (Å²) in [5, 5.41) is 0. The molecule has 1 heterocycles. The zero-order valence-corrected chi connectivity index (χ0v) is 5.06. The molecule has 46 valence electrons. The molecule has 2 heteroatoms. The predicted molar refractivity (Wildman–Crippen MR) is 31.8 cm³/mol. The Morgan fingerprint density at radius 3 is 2.12 bits per heavy atom. The second kappa shape index (κ2) is 2.52. The van der Waals surface area contributed by atoms with Crippen molar-refractivity contribution in [2.24, 2.45) is 0 Å². The largest absolute Gasteiger partial charge is 0.469 e. The summed E-state index contributed by atoms with van der Waals surface area (Å²) in [5.74, 6) is 1.01. The average molecular weight is 114 g/mol. The van der Waals surface area contributed by atoms with Crippen LogP contribution < -0.4 is 0 Å². The van der Waals surface area contributed by atoms with Gasteiger partial charge in [-0.25, -0.2) is 0 Å². The number of furan rings is 1. The molecule has 0 aromatic carbocycles. The molecule has 8 heavy (non-hydrogen) atoms. The van der Waals surface area contributed by atoms with Crippen LogP contribution in [0.4, 0.5) is 0 Å². The molecule has 2 nitrogen and oxygen atoms in total. The zero-order valence-electron chi connectivity index (χ0n) is 5.06. The quantitative estimate of drug-likeness (QED) is 0.497. The SMILES string of the molecule is Cc1ccoc1C.O. The first-order valence-corrected chi connectivity index (χ1v) is 2.31. The fourth-order valence-corrected chi connectivity index (χ4v) is 0.448. The Morgan fingerprint density at radius 1 is 1.38 bits per heavy atom. The van der Waals surface area contributed by atoms with Gasteiger partial charge in [0.2, 0.25) is 0 Å². The molecule has 0 aliphatic rings. The molecule has 0 spiro atoms. The Morgan fingerprint density at radius 2 is 2.00 bits per heavy atom. The van der Waals surface area contributed by atoms with Crippen molar-refractivity contribution in [3.63, 3.8) is 0 Å². The first-order valence-electron chi connectivity index (χ1n) is 2.31. The first-order chi connectivity index (χ1) is 3.30. The Balaban J connectivity index is 0.000000490. The molecular weight excluding hydrogens is 104 g/mol. The summed E-state index contributed by atoms with van der Waals surface area (Å²) in [4.78, 5) is 0. The van der Waals surface area contributed by atoms with Crippen LogP contribution in [0.3, 0.4) is 0 Å². The van der Waals surface area contributed by atoms with Crippen molar-refractivity contribution in [3.05, 3.63) is 23.7 Å². The minimum absolute atomic E-state index is 0. The predicted octanol–water partition coefficient (Wildman–Crippen LogP) is 1.07. The van der Waals surface area contributed by atoms with Gasteiger partial charge in [0.05, 0.1) is 6.26 Å². The lowest BCUT2D eigenvalue weighted by Gasteiger charge is -1.79. The summed E-state index contributed by atoms with van der Waals surface area (Å²) in [7, 11) is 0. The van der Waals surface area contributed by atoms with Gasteiger partial charge in [0.1, 0.15) is 5.76 Å². The highest BCUT2D eigenvalue weighted by Crippen LogP contribution is 2.04. The van der Waals surface area contributed by atoms with E-state index in [1.165, 1.54) is 5.56 Å². The van der Waals surface area contributed by atoms with Gasteiger partial charge in [-0.2, -0.15) is 0 Å². The molecule has 0 aliphatic heterocycles. The third kappa shape index (κ3) is 1.10. The van der Waals surface area contributed by atoms with Crippen molar-refractivity contribution in [2.75, 3.05) is 0 Å². The molecule has 1 aromatic heterocycles. The Kier molecular flexibility index (Phi) is 2.28. The number of hydrogen-bond donors (Lipinski definition) is 0. The van der Waals surface area contributed by atoms with Gasteiger partial charge in [0.15, 0.2) is 0 Å². The van der Waals surface area contributed by atoms with E-state index in [4.69, 9.17) is 4.42 Å². The monoisotopic (exact) mass is 114 g/mol.